The molecule has 2 unspecified atom stereocenters. The molecule has 0 amide bonds. The van der Waals surface area contributed by atoms with Crippen molar-refractivity contribution in [2.24, 2.45) is 11.8 Å². The van der Waals surface area contributed by atoms with Gasteiger partial charge < -0.3 is 10.4 Å². The van der Waals surface area contributed by atoms with Crippen molar-refractivity contribution in [3.8, 4) is 0 Å². The molecule has 0 bridgehead atoms. The zero-order valence-electron chi connectivity index (χ0n) is 11.1. The summed E-state index contributed by atoms with van der Waals surface area (Å²) in [5, 5.41) is 12.1. The SMILES string of the molecule is CCC(C)NCCC(CCC(=O)O)C(C)C. The van der Waals surface area contributed by atoms with Gasteiger partial charge in [-0.15, -0.1) is 0 Å². The number of aliphatic carboxylic acids is 1. The van der Waals surface area contributed by atoms with Crippen molar-refractivity contribution < 1.29 is 9.90 Å². The highest BCUT2D eigenvalue weighted by Gasteiger charge is 2.14. The third-order valence-electron chi connectivity index (χ3n) is 3.29. The minimum atomic E-state index is -0.680. The van der Waals surface area contributed by atoms with Gasteiger partial charge in [-0.25, -0.2) is 0 Å². The van der Waals surface area contributed by atoms with Gasteiger partial charge in [0.2, 0.25) is 0 Å². The fourth-order valence-electron chi connectivity index (χ4n) is 1.78. The molecule has 0 aliphatic heterocycles. The Hall–Kier alpha value is -0.570. The van der Waals surface area contributed by atoms with Crippen LogP contribution in [0.15, 0.2) is 0 Å². The molecule has 16 heavy (non-hydrogen) atoms. The Labute approximate surface area is 99.6 Å². The molecule has 0 aromatic carbocycles. The van der Waals surface area contributed by atoms with Crippen LogP contribution in [0.2, 0.25) is 0 Å². The Kier molecular flexibility index (Phi) is 8.26. The topological polar surface area (TPSA) is 49.3 Å². The molecule has 0 aromatic heterocycles. The molecule has 96 valence electrons. The summed E-state index contributed by atoms with van der Waals surface area (Å²) in [4.78, 5) is 10.5. The maximum absolute atomic E-state index is 10.5. The van der Waals surface area contributed by atoms with E-state index in [1.54, 1.807) is 0 Å². The molecule has 0 fully saturated rings. The Bertz CT molecular complexity index is 192. The first-order valence-electron chi connectivity index (χ1n) is 6.42. The lowest BCUT2D eigenvalue weighted by Crippen LogP contribution is -2.28. The first-order chi connectivity index (χ1) is 7.47. The second-order valence-corrected chi connectivity index (χ2v) is 4.99. The van der Waals surface area contributed by atoms with Crippen molar-refractivity contribution in [2.45, 2.75) is 59.4 Å². The van der Waals surface area contributed by atoms with Crippen LogP contribution in [0, 0.1) is 11.8 Å². The smallest absolute Gasteiger partial charge is 0.303 e. The average molecular weight is 229 g/mol. The Morgan fingerprint density at radius 2 is 1.88 bits per heavy atom. The highest BCUT2D eigenvalue weighted by Crippen LogP contribution is 2.20. The molecule has 3 nitrogen and oxygen atoms in total. The van der Waals surface area contributed by atoms with E-state index in [0.717, 1.165) is 25.8 Å². The molecule has 0 radical (unpaired) electrons. The van der Waals surface area contributed by atoms with Crippen molar-refractivity contribution in [3.63, 3.8) is 0 Å². The third kappa shape index (κ3) is 7.69. The monoisotopic (exact) mass is 229 g/mol. The minimum absolute atomic E-state index is 0.298. The van der Waals surface area contributed by atoms with Crippen molar-refractivity contribution in [1.82, 2.24) is 5.32 Å². The molecular weight excluding hydrogens is 202 g/mol. The summed E-state index contributed by atoms with van der Waals surface area (Å²) < 4.78 is 0. The number of rotatable bonds is 9. The van der Waals surface area contributed by atoms with Crippen LogP contribution in [-0.2, 0) is 4.79 Å². The molecule has 0 saturated heterocycles. The molecule has 2 atom stereocenters. The highest BCUT2D eigenvalue weighted by molar-refractivity contribution is 5.66. The zero-order valence-corrected chi connectivity index (χ0v) is 11.1. The van der Waals surface area contributed by atoms with Gasteiger partial charge in [0, 0.05) is 12.5 Å². The molecule has 0 aliphatic carbocycles. The fraction of sp³-hybridized carbons (Fsp3) is 0.923. The first kappa shape index (κ1) is 15.4. The van der Waals surface area contributed by atoms with Crippen LogP contribution in [-0.4, -0.2) is 23.7 Å². The van der Waals surface area contributed by atoms with Crippen molar-refractivity contribution in [2.75, 3.05) is 6.54 Å². The number of carboxylic acid groups (broad SMARTS) is 1. The molecule has 0 rings (SSSR count). The van der Waals surface area contributed by atoms with Crippen LogP contribution >= 0.6 is 0 Å². The van der Waals surface area contributed by atoms with E-state index >= 15 is 0 Å². The van der Waals surface area contributed by atoms with Gasteiger partial charge in [-0.2, -0.15) is 0 Å². The number of carboxylic acids is 1. The first-order valence-corrected chi connectivity index (χ1v) is 6.42. The number of hydrogen-bond acceptors (Lipinski definition) is 2. The number of nitrogens with one attached hydrogen (secondary N) is 1. The van der Waals surface area contributed by atoms with E-state index in [-0.39, 0.29) is 0 Å². The zero-order chi connectivity index (χ0) is 12.6. The van der Waals surface area contributed by atoms with Crippen LogP contribution < -0.4 is 5.32 Å². The predicted molar refractivity (Wildman–Crippen MR) is 67.6 cm³/mol. The van der Waals surface area contributed by atoms with E-state index in [9.17, 15) is 4.79 Å². The van der Waals surface area contributed by atoms with Gasteiger partial charge in [0.15, 0.2) is 0 Å². The van der Waals surface area contributed by atoms with E-state index in [1.165, 1.54) is 0 Å². The molecule has 0 aliphatic rings. The summed E-state index contributed by atoms with van der Waals surface area (Å²) in [6.07, 6.45) is 3.32. The second kappa shape index (κ2) is 8.57. The molecule has 0 spiro atoms. The molecular formula is C13H27NO2. The van der Waals surface area contributed by atoms with Crippen LogP contribution in [0.25, 0.3) is 0 Å². The maximum atomic E-state index is 10.5. The normalized spacial score (nSPS) is 15.1. The fourth-order valence-corrected chi connectivity index (χ4v) is 1.78. The van der Waals surface area contributed by atoms with Crippen molar-refractivity contribution >= 4 is 5.97 Å². The second-order valence-electron chi connectivity index (χ2n) is 4.99. The van der Waals surface area contributed by atoms with Gasteiger partial charge in [0.1, 0.15) is 0 Å². The van der Waals surface area contributed by atoms with E-state index in [4.69, 9.17) is 5.11 Å². The number of carbonyl (C=O) groups is 1. The van der Waals surface area contributed by atoms with Gasteiger partial charge in [-0.05, 0) is 44.6 Å². The van der Waals surface area contributed by atoms with Crippen LogP contribution in [0.1, 0.15) is 53.4 Å². The predicted octanol–water partition coefficient (Wildman–Crippen LogP) is 2.90. The number of hydrogen-bond donors (Lipinski definition) is 2. The van der Waals surface area contributed by atoms with Gasteiger partial charge in [0.25, 0.3) is 0 Å². The van der Waals surface area contributed by atoms with E-state index < -0.39 is 5.97 Å². The largest absolute Gasteiger partial charge is 0.481 e. The minimum Gasteiger partial charge on any atom is -0.481 e. The molecule has 0 aromatic rings. The van der Waals surface area contributed by atoms with Gasteiger partial charge in [0.05, 0.1) is 0 Å². The Balaban J connectivity index is 3.81. The Morgan fingerprint density at radius 1 is 1.25 bits per heavy atom. The lowest BCUT2D eigenvalue weighted by molar-refractivity contribution is -0.137. The lowest BCUT2D eigenvalue weighted by atomic mass is 9.88. The van der Waals surface area contributed by atoms with Gasteiger partial charge in [-0.3, -0.25) is 4.79 Å². The Morgan fingerprint density at radius 3 is 2.31 bits per heavy atom. The average Bonchev–Trinajstić information content (AvgIpc) is 2.21. The van der Waals surface area contributed by atoms with Crippen molar-refractivity contribution in [1.29, 1.82) is 0 Å². The van der Waals surface area contributed by atoms with Gasteiger partial charge >= 0.3 is 5.97 Å². The third-order valence-corrected chi connectivity index (χ3v) is 3.29. The van der Waals surface area contributed by atoms with Crippen LogP contribution in [0.4, 0.5) is 0 Å². The summed E-state index contributed by atoms with van der Waals surface area (Å²) in [6.45, 7) is 9.70. The summed E-state index contributed by atoms with van der Waals surface area (Å²) in [6, 6.07) is 0.562. The van der Waals surface area contributed by atoms with Crippen LogP contribution in [0.5, 0.6) is 0 Å². The van der Waals surface area contributed by atoms with Gasteiger partial charge in [-0.1, -0.05) is 20.8 Å². The molecule has 0 saturated carbocycles. The summed E-state index contributed by atoms with van der Waals surface area (Å²) in [5.74, 6) is 0.409. The summed E-state index contributed by atoms with van der Waals surface area (Å²) >= 11 is 0. The highest BCUT2D eigenvalue weighted by atomic mass is 16.4. The summed E-state index contributed by atoms with van der Waals surface area (Å²) in [7, 11) is 0. The van der Waals surface area contributed by atoms with Crippen LogP contribution in [0.3, 0.4) is 0 Å². The van der Waals surface area contributed by atoms with E-state index in [0.29, 0.717) is 24.3 Å². The van der Waals surface area contributed by atoms with E-state index in [1.807, 2.05) is 0 Å². The van der Waals surface area contributed by atoms with Crippen molar-refractivity contribution in [3.05, 3.63) is 0 Å². The maximum Gasteiger partial charge on any atom is 0.303 e. The van der Waals surface area contributed by atoms with E-state index in [2.05, 4.69) is 33.0 Å². The molecule has 2 N–H and O–H groups in total. The molecule has 3 heteroatoms. The quantitative estimate of drug-likeness (QED) is 0.639. The lowest BCUT2D eigenvalue weighted by Gasteiger charge is -2.21. The standard InChI is InChI=1S/C13H27NO2/c1-5-11(4)14-9-8-12(10(2)3)6-7-13(15)16/h10-12,14H,5-9H2,1-4H3,(H,15,16). The summed E-state index contributed by atoms with van der Waals surface area (Å²) in [5.41, 5.74) is 0. The molecule has 0 heterocycles.